The minimum Gasteiger partial charge on any atom is -0.388 e. The van der Waals surface area contributed by atoms with Crippen molar-refractivity contribution in [2.45, 2.75) is 25.4 Å². The summed E-state index contributed by atoms with van der Waals surface area (Å²) in [6.45, 7) is 0. The predicted octanol–water partition coefficient (Wildman–Crippen LogP) is 3.58. The molecule has 3 rings (SSSR count). The van der Waals surface area contributed by atoms with Crippen LogP contribution in [0.4, 0.5) is 0 Å². The van der Waals surface area contributed by atoms with Gasteiger partial charge in [-0.25, -0.2) is 0 Å². The molecule has 0 aliphatic heterocycles. The highest BCUT2D eigenvalue weighted by Crippen LogP contribution is 2.32. The number of hydrogen-bond donors (Lipinski definition) is 1. The zero-order valence-corrected chi connectivity index (χ0v) is 10.7. The van der Waals surface area contributed by atoms with Crippen LogP contribution < -0.4 is 0 Å². The Morgan fingerprint density at radius 2 is 2.00 bits per heavy atom. The highest BCUT2D eigenvalue weighted by atomic mass is 16.3. The Kier molecular flexibility index (Phi) is 3.18. The summed E-state index contributed by atoms with van der Waals surface area (Å²) in [5, 5.41) is 12.1. The van der Waals surface area contributed by atoms with E-state index < -0.39 is 6.10 Å². The van der Waals surface area contributed by atoms with Crippen LogP contribution in [0.15, 0.2) is 42.5 Å². The van der Waals surface area contributed by atoms with Gasteiger partial charge in [-0.15, -0.1) is 0 Å². The highest BCUT2D eigenvalue weighted by Gasteiger charge is 2.19. The Bertz CT molecular complexity index is 655. The number of carbonyl (C=O) groups is 1. The molecule has 0 saturated heterocycles. The lowest BCUT2D eigenvalue weighted by atomic mass is 9.87. The molecule has 0 aromatic heterocycles. The van der Waals surface area contributed by atoms with E-state index in [1.165, 1.54) is 0 Å². The highest BCUT2D eigenvalue weighted by molar-refractivity contribution is 6.03. The maximum absolute atomic E-state index is 11.5. The molecule has 1 atom stereocenters. The van der Waals surface area contributed by atoms with Gasteiger partial charge < -0.3 is 5.11 Å². The largest absolute Gasteiger partial charge is 0.388 e. The lowest BCUT2D eigenvalue weighted by Crippen LogP contribution is -2.14. The smallest absolute Gasteiger partial charge is 0.151 e. The Morgan fingerprint density at radius 1 is 1.16 bits per heavy atom. The molecule has 0 heterocycles. The van der Waals surface area contributed by atoms with Gasteiger partial charge >= 0.3 is 0 Å². The first-order chi connectivity index (χ1) is 9.31. The van der Waals surface area contributed by atoms with Crippen molar-refractivity contribution in [1.29, 1.82) is 0 Å². The van der Waals surface area contributed by atoms with Crippen LogP contribution in [0.25, 0.3) is 16.3 Å². The zero-order valence-electron chi connectivity index (χ0n) is 10.7. The van der Waals surface area contributed by atoms with Crippen molar-refractivity contribution < 1.29 is 9.90 Å². The second-order valence-corrected chi connectivity index (χ2v) is 4.97. The number of benzene rings is 2. The average molecular weight is 252 g/mol. The van der Waals surface area contributed by atoms with Crippen LogP contribution in [0.1, 0.15) is 35.2 Å². The van der Waals surface area contributed by atoms with Gasteiger partial charge in [0.2, 0.25) is 0 Å². The molecule has 1 N–H and O–H groups in total. The monoisotopic (exact) mass is 252 g/mol. The second-order valence-electron chi connectivity index (χ2n) is 4.97. The van der Waals surface area contributed by atoms with Crippen molar-refractivity contribution >= 4 is 22.6 Å². The molecule has 2 heteroatoms. The SMILES string of the molecule is O=Cc1c(C2=CCCCC2O)ccc2ccccc12. The molecule has 96 valence electrons. The Hall–Kier alpha value is -1.93. The van der Waals surface area contributed by atoms with Crippen LogP contribution in [-0.4, -0.2) is 17.5 Å². The first-order valence-electron chi connectivity index (χ1n) is 6.66. The van der Waals surface area contributed by atoms with Gasteiger partial charge in [0.05, 0.1) is 6.10 Å². The van der Waals surface area contributed by atoms with Gasteiger partial charge in [-0.3, -0.25) is 4.79 Å². The summed E-state index contributed by atoms with van der Waals surface area (Å²) in [6, 6.07) is 11.8. The second kappa shape index (κ2) is 4.98. The van der Waals surface area contributed by atoms with Crippen molar-refractivity contribution in [3.8, 4) is 0 Å². The molecule has 0 spiro atoms. The molecule has 0 radical (unpaired) electrons. The lowest BCUT2D eigenvalue weighted by Gasteiger charge is -2.21. The van der Waals surface area contributed by atoms with Gasteiger partial charge in [-0.1, -0.05) is 42.5 Å². The molecule has 19 heavy (non-hydrogen) atoms. The van der Waals surface area contributed by atoms with E-state index in [1.54, 1.807) is 0 Å². The van der Waals surface area contributed by atoms with E-state index in [1.807, 2.05) is 36.4 Å². The maximum Gasteiger partial charge on any atom is 0.151 e. The van der Waals surface area contributed by atoms with Crippen molar-refractivity contribution in [3.63, 3.8) is 0 Å². The quantitative estimate of drug-likeness (QED) is 0.829. The van der Waals surface area contributed by atoms with Crippen molar-refractivity contribution in [2.75, 3.05) is 0 Å². The summed E-state index contributed by atoms with van der Waals surface area (Å²) in [4.78, 5) is 11.5. The molecular weight excluding hydrogens is 236 g/mol. The van der Waals surface area contributed by atoms with Crippen LogP contribution in [0.2, 0.25) is 0 Å². The van der Waals surface area contributed by atoms with Gasteiger partial charge in [0.1, 0.15) is 0 Å². The normalized spacial score (nSPS) is 19.2. The van der Waals surface area contributed by atoms with E-state index in [0.29, 0.717) is 5.56 Å². The molecule has 0 fully saturated rings. The fourth-order valence-corrected chi connectivity index (χ4v) is 2.82. The molecule has 2 nitrogen and oxygen atoms in total. The van der Waals surface area contributed by atoms with Gasteiger partial charge in [0.25, 0.3) is 0 Å². The minimum atomic E-state index is -0.450. The van der Waals surface area contributed by atoms with Gasteiger partial charge in [-0.05, 0) is 41.2 Å². The Labute approximate surface area is 112 Å². The fourth-order valence-electron chi connectivity index (χ4n) is 2.82. The zero-order chi connectivity index (χ0) is 13.2. The van der Waals surface area contributed by atoms with Crippen molar-refractivity contribution in [2.24, 2.45) is 0 Å². The number of aliphatic hydroxyl groups is 1. The molecule has 1 aliphatic carbocycles. The van der Waals surface area contributed by atoms with E-state index in [-0.39, 0.29) is 0 Å². The van der Waals surface area contributed by atoms with E-state index in [4.69, 9.17) is 0 Å². The van der Waals surface area contributed by atoms with Crippen molar-refractivity contribution in [1.82, 2.24) is 0 Å². The van der Waals surface area contributed by atoms with Crippen LogP contribution >= 0.6 is 0 Å². The van der Waals surface area contributed by atoms with E-state index in [0.717, 1.165) is 47.5 Å². The third-order valence-electron chi connectivity index (χ3n) is 3.80. The van der Waals surface area contributed by atoms with Crippen LogP contribution in [0, 0.1) is 0 Å². The van der Waals surface area contributed by atoms with Crippen molar-refractivity contribution in [3.05, 3.63) is 53.6 Å². The number of rotatable bonds is 2. The molecular formula is C17H16O2. The summed E-state index contributed by atoms with van der Waals surface area (Å²) >= 11 is 0. The number of fused-ring (bicyclic) bond motifs is 1. The minimum absolute atomic E-state index is 0.450. The Balaban J connectivity index is 2.24. The molecule has 0 amide bonds. The topological polar surface area (TPSA) is 37.3 Å². The summed E-state index contributed by atoms with van der Waals surface area (Å²) in [6.07, 6.45) is 5.27. The fraction of sp³-hybridized carbons (Fsp3) is 0.235. The summed E-state index contributed by atoms with van der Waals surface area (Å²) in [5.41, 5.74) is 2.46. The van der Waals surface area contributed by atoms with Crippen LogP contribution in [0.5, 0.6) is 0 Å². The number of aldehydes is 1. The third kappa shape index (κ3) is 2.08. The molecule has 0 bridgehead atoms. The molecule has 1 unspecified atom stereocenters. The first kappa shape index (κ1) is 12.1. The first-order valence-corrected chi connectivity index (χ1v) is 6.66. The van der Waals surface area contributed by atoms with E-state index in [9.17, 15) is 9.90 Å². The summed E-state index contributed by atoms with van der Waals surface area (Å²) in [7, 11) is 0. The van der Waals surface area contributed by atoms with Gasteiger partial charge in [0.15, 0.2) is 6.29 Å². The Morgan fingerprint density at radius 3 is 2.79 bits per heavy atom. The average Bonchev–Trinajstić information content (AvgIpc) is 2.46. The lowest BCUT2D eigenvalue weighted by molar-refractivity contribution is 0.112. The van der Waals surface area contributed by atoms with Gasteiger partial charge in [-0.2, -0.15) is 0 Å². The predicted molar refractivity (Wildman–Crippen MR) is 77.2 cm³/mol. The van der Waals surface area contributed by atoms with E-state index >= 15 is 0 Å². The van der Waals surface area contributed by atoms with Gasteiger partial charge in [0, 0.05) is 5.56 Å². The molecule has 1 aliphatic rings. The summed E-state index contributed by atoms with van der Waals surface area (Å²) in [5.74, 6) is 0. The van der Waals surface area contributed by atoms with Crippen LogP contribution in [-0.2, 0) is 0 Å². The van der Waals surface area contributed by atoms with Crippen LogP contribution in [0.3, 0.4) is 0 Å². The maximum atomic E-state index is 11.5. The summed E-state index contributed by atoms with van der Waals surface area (Å²) < 4.78 is 0. The third-order valence-corrected chi connectivity index (χ3v) is 3.80. The number of allylic oxidation sites excluding steroid dienone is 1. The number of aliphatic hydroxyl groups excluding tert-OH is 1. The number of carbonyl (C=O) groups excluding carboxylic acids is 1. The number of hydrogen-bond acceptors (Lipinski definition) is 2. The molecule has 2 aromatic rings. The standard InChI is InChI=1S/C17H16O2/c18-11-16-13-6-2-1-5-12(13)9-10-14(16)15-7-3-4-8-17(15)19/h1-2,5-7,9-11,17,19H,3-4,8H2. The molecule has 0 saturated carbocycles. The molecule has 2 aromatic carbocycles. The van der Waals surface area contributed by atoms with E-state index in [2.05, 4.69) is 6.08 Å².